The van der Waals surface area contributed by atoms with Crippen LogP contribution in [0.5, 0.6) is 17.2 Å². The molecule has 10 nitrogen and oxygen atoms in total. The van der Waals surface area contributed by atoms with Gasteiger partial charge in [-0.3, -0.25) is 9.36 Å². The molecule has 0 N–H and O–H groups in total. The summed E-state index contributed by atoms with van der Waals surface area (Å²) in [5.41, 5.74) is 1.24. The molecule has 1 aliphatic rings. The molecule has 0 fully saturated rings. The molecule has 42 heavy (non-hydrogen) atoms. The van der Waals surface area contributed by atoms with Crippen molar-refractivity contribution in [1.82, 2.24) is 4.57 Å². The van der Waals surface area contributed by atoms with E-state index < -0.39 is 23.5 Å². The van der Waals surface area contributed by atoms with Crippen LogP contribution in [-0.2, 0) is 19.1 Å². The Bertz CT molecular complexity index is 1740. The topological polar surface area (TPSA) is 115 Å². The molecule has 1 atom stereocenters. The Balaban J connectivity index is 1.94. The van der Waals surface area contributed by atoms with Crippen LogP contribution in [0.25, 0.3) is 6.08 Å². The van der Waals surface area contributed by atoms with Gasteiger partial charge in [-0.15, -0.1) is 0 Å². The standard InChI is InChI=1S/C29H28Cl2N2O8S/c1-6-39-21-11-16(8-9-20(21)41-14-23(34)37-4)25-24(28(36)40-7-2)15(3)32-29-33(25)27(35)22(42-29)12-17-10-18(30)13-19(31)26(17)38-5/h8-13,25H,6-7,14H2,1-5H3/b22-12+/t25-/m1/s1. The van der Waals surface area contributed by atoms with Gasteiger partial charge in [-0.05, 0) is 56.7 Å². The van der Waals surface area contributed by atoms with Crippen LogP contribution in [0.2, 0.25) is 10.0 Å². The van der Waals surface area contributed by atoms with Crippen molar-refractivity contribution in [2.75, 3.05) is 34.0 Å². The Morgan fingerprint density at radius 2 is 1.83 bits per heavy atom. The molecule has 0 saturated carbocycles. The Morgan fingerprint density at radius 1 is 1.07 bits per heavy atom. The van der Waals surface area contributed by atoms with Crippen molar-refractivity contribution in [3.05, 3.63) is 82.5 Å². The monoisotopic (exact) mass is 634 g/mol. The number of hydrogen-bond acceptors (Lipinski definition) is 10. The third-order valence-corrected chi connectivity index (χ3v) is 7.68. The van der Waals surface area contributed by atoms with E-state index in [0.717, 1.165) is 11.3 Å². The number of thiazole rings is 1. The van der Waals surface area contributed by atoms with Crippen LogP contribution in [0.3, 0.4) is 0 Å². The maximum absolute atomic E-state index is 14.0. The summed E-state index contributed by atoms with van der Waals surface area (Å²) >= 11 is 13.7. The lowest BCUT2D eigenvalue weighted by atomic mass is 9.95. The predicted molar refractivity (Wildman–Crippen MR) is 159 cm³/mol. The van der Waals surface area contributed by atoms with Crippen molar-refractivity contribution in [3.8, 4) is 17.2 Å². The van der Waals surface area contributed by atoms with E-state index in [1.54, 1.807) is 57.2 Å². The second-order valence-corrected chi connectivity index (χ2v) is 10.7. The molecular weight excluding hydrogens is 607 g/mol. The molecule has 2 heterocycles. The molecule has 4 rings (SSSR count). The molecule has 0 amide bonds. The minimum absolute atomic E-state index is 0.132. The van der Waals surface area contributed by atoms with E-state index >= 15 is 0 Å². The van der Waals surface area contributed by atoms with Gasteiger partial charge in [0.05, 0.1) is 54.3 Å². The number of carbonyl (C=O) groups is 2. The van der Waals surface area contributed by atoms with Crippen molar-refractivity contribution in [1.29, 1.82) is 0 Å². The van der Waals surface area contributed by atoms with E-state index in [1.807, 2.05) is 0 Å². The summed E-state index contributed by atoms with van der Waals surface area (Å²) in [5, 5.41) is 0.663. The van der Waals surface area contributed by atoms with Gasteiger partial charge in [0, 0.05) is 10.6 Å². The molecule has 0 spiro atoms. The first-order valence-corrected chi connectivity index (χ1v) is 14.4. The van der Waals surface area contributed by atoms with Gasteiger partial charge in [0.2, 0.25) is 0 Å². The van der Waals surface area contributed by atoms with Gasteiger partial charge in [-0.2, -0.15) is 0 Å². The molecule has 0 saturated heterocycles. The van der Waals surface area contributed by atoms with Gasteiger partial charge in [-0.25, -0.2) is 14.6 Å². The van der Waals surface area contributed by atoms with Crippen LogP contribution in [0.4, 0.5) is 0 Å². The number of fused-ring (bicyclic) bond motifs is 1. The lowest BCUT2D eigenvalue weighted by Crippen LogP contribution is -2.40. The molecule has 2 aromatic carbocycles. The Kier molecular flexibility index (Phi) is 9.97. The van der Waals surface area contributed by atoms with Crippen LogP contribution >= 0.6 is 34.5 Å². The highest BCUT2D eigenvalue weighted by Gasteiger charge is 2.34. The Morgan fingerprint density at radius 3 is 2.50 bits per heavy atom. The van der Waals surface area contributed by atoms with E-state index in [1.165, 1.54) is 18.8 Å². The zero-order valence-electron chi connectivity index (χ0n) is 23.5. The number of halogens is 2. The molecular formula is C29H28Cl2N2O8S. The summed E-state index contributed by atoms with van der Waals surface area (Å²) in [7, 11) is 2.73. The second kappa shape index (κ2) is 13.5. The first-order valence-electron chi connectivity index (χ1n) is 12.8. The first kappa shape index (κ1) is 31.1. The molecule has 0 radical (unpaired) electrons. The van der Waals surface area contributed by atoms with E-state index in [4.69, 9.17) is 42.1 Å². The SMILES string of the molecule is CCOC(=O)C1=C(C)N=c2s/c(=C/c3cc(Cl)cc(Cl)c3OC)c(=O)n2[C@@H]1c1ccc(OCC(=O)OC)c(OCC)c1. The van der Waals surface area contributed by atoms with Gasteiger partial charge in [-0.1, -0.05) is 40.6 Å². The van der Waals surface area contributed by atoms with Gasteiger partial charge < -0.3 is 23.7 Å². The van der Waals surface area contributed by atoms with Crippen molar-refractivity contribution in [3.63, 3.8) is 0 Å². The van der Waals surface area contributed by atoms with E-state index in [9.17, 15) is 14.4 Å². The highest BCUT2D eigenvalue weighted by Crippen LogP contribution is 2.37. The van der Waals surface area contributed by atoms with E-state index in [2.05, 4.69) is 9.73 Å². The Labute approximate surface area is 255 Å². The van der Waals surface area contributed by atoms with Crippen molar-refractivity contribution in [2.24, 2.45) is 4.99 Å². The fourth-order valence-corrected chi connectivity index (χ4v) is 6.05. The van der Waals surface area contributed by atoms with Gasteiger partial charge in [0.15, 0.2) is 22.9 Å². The van der Waals surface area contributed by atoms with E-state index in [-0.39, 0.29) is 18.8 Å². The molecule has 0 bridgehead atoms. The summed E-state index contributed by atoms with van der Waals surface area (Å²) in [4.78, 5) is 43.8. The summed E-state index contributed by atoms with van der Waals surface area (Å²) < 4.78 is 28.6. The summed E-state index contributed by atoms with van der Waals surface area (Å²) in [5.74, 6) is -0.200. The highest BCUT2D eigenvalue weighted by molar-refractivity contribution is 7.07. The normalized spacial score (nSPS) is 14.6. The summed E-state index contributed by atoms with van der Waals surface area (Å²) in [6.07, 6.45) is 1.62. The number of rotatable bonds is 10. The molecule has 0 aliphatic carbocycles. The number of nitrogens with zero attached hydrogens (tertiary/aromatic N) is 2. The average Bonchev–Trinajstić information content (AvgIpc) is 3.25. The van der Waals surface area contributed by atoms with Crippen LogP contribution in [-0.4, -0.2) is 50.5 Å². The fraction of sp³-hybridized carbons (Fsp3) is 0.310. The Hall–Kier alpha value is -3.80. The van der Waals surface area contributed by atoms with Crippen molar-refractivity contribution < 1.29 is 33.3 Å². The lowest BCUT2D eigenvalue weighted by molar-refractivity contribution is -0.143. The van der Waals surface area contributed by atoms with Crippen LogP contribution in [0.1, 0.15) is 37.9 Å². The zero-order valence-corrected chi connectivity index (χ0v) is 25.8. The molecule has 0 unspecified atom stereocenters. The van der Waals surface area contributed by atoms with Crippen molar-refractivity contribution >= 4 is 52.6 Å². The van der Waals surface area contributed by atoms with Crippen molar-refractivity contribution in [2.45, 2.75) is 26.8 Å². The molecule has 1 aliphatic heterocycles. The first-order chi connectivity index (χ1) is 20.1. The lowest BCUT2D eigenvalue weighted by Gasteiger charge is -2.25. The number of benzene rings is 2. The van der Waals surface area contributed by atoms with Crippen LogP contribution in [0, 0.1) is 0 Å². The smallest absolute Gasteiger partial charge is 0.343 e. The number of aromatic nitrogens is 1. The number of carbonyl (C=O) groups excluding carboxylic acids is 2. The highest BCUT2D eigenvalue weighted by atomic mass is 35.5. The van der Waals surface area contributed by atoms with Crippen LogP contribution in [0.15, 0.2) is 51.4 Å². The number of methoxy groups -OCH3 is 2. The van der Waals surface area contributed by atoms with E-state index in [0.29, 0.717) is 60.1 Å². The quantitative estimate of drug-likeness (QED) is 0.307. The largest absolute Gasteiger partial charge is 0.495 e. The molecule has 13 heteroatoms. The molecule has 3 aromatic rings. The second-order valence-electron chi connectivity index (χ2n) is 8.82. The van der Waals surface area contributed by atoms with Gasteiger partial charge in [0.25, 0.3) is 5.56 Å². The fourth-order valence-electron chi connectivity index (χ4n) is 4.43. The number of hydrogen-bond donors (Lipinski definition) is 0. The maximum atomic E-state index is 14.0. The van der Waals surface area contributed by atoms with Crippen LogP contribution < -0.4 is 29.1 Å². The van der Waals surface area contributed by atoms with Gasteiger partial charge >= 0.3 is 11.9 Å². The van der Waals surface area contributed by atoms with Gasteiger partial charge in [0.1, 0.15) is 5.75 Å². The molecule has 1 aromatic heterocycles. The number of esters is 2. The predicted octanol–water partition coefficient (Wildman–Crippen LogP) is 4.06. The molecule has 222 valence electrons. The minimum Gasteiger partial charge on any atom is -0.495 e. The summed E-state index contributed by atoms with van der Waals surface area (Å²) in [6.45, 7) is 5.28. The third-order valence-electron chi connectivity index (χ3n) is 6.20. The number of allylic oxidation sites excluding steroid dienone is 1. The summed E-state index contributed by atoms with van der Waals surface area (Å²) in [6, 6.07) is 7.24. The third kappa shape index (κ3) is 6.33. The zero-order chi connectivity index (χ0) is 30.6. The average molecular weight is 636 g/mol. The minimum atomic E-state index is -0.902. The number of ether oxygens (including phenoxy) is 5. The maximum Gasteiger partial charge on any atom is 0.343 e.